The second-order valence-electron chi connectivity index (χ2n) is 6.60. The van der Waals surface area contributed by atoms with Crippen LogP contribution in [0.15, 0.2) is 40.4 Å². The van der Waals surface area contributed by atoms with Crippen LogP contribution in [0, 0.1) is 0 Å². The standard InChI is InChI=1S/C19H23N3O2S/c1-24-16-6-2-5-14(11-16)17-7-3-9-22(17)18(23)12-15-13-25-19-20-8-4-10-21(15)19/h2,5-6,11,13,17H,3-4,7-10,12H2,1H3. The highest BCUT2D eigenvalue weighted by atomic mass is 32.2. The van der Waals surface area contributed by atoms with E-state index in [1.165, 1.54) is 5.56 Å². The van der Waals surface area contributed by atoms with Gasteiger partial charge in [0.25, 0.3) is 0 Å². The molecule has 0 N–H and O–H groups in total. The number of rotatable bonds is 4. The minimum atomic E-state index is 0.159. The van der Waals surface area contributed by atoms with Crippen molar-refractivity contribution in [3.63, 3.8) is 0 Å². The van der Waals surface area contributed by atoms with Crippen LogP contribution in [-0.2, 0) is 4.79 Å². The SMILES string of the molecule is COc1cccc(C2CCCN2C(=O)CC2=CSC3=NCCCN23)c1. The summed E-state index contributed by atoms with van der Waals surface area (Å²) in [5.41, 5.74) is 2.27. The van der Waals surface area contributed by atoms with E-state index in [4.69, 9.17) is 4.74 Å². The smallest absolute Gasteiger partial charge is 0.229 e. The van der Waals surface area contributed by atoms with Crippen LogP contribution in [0.25, 0.3) is 0 Å². The van der Waals surface area contributed by atoms with Gasteiger partial charge in [0.15, 0.2) is 5.17 Å². The Bertz CT molecular complexity index is 731. The number of amidine groups is 1. The molecule has 1 aromatic rings. The summed E-state index contributed by atoms with van der Waals surface area (Å²) in [6, 6.07) is 8.26. The zero-order valence-electron chi connectivity index (χ0n) is 14.5. The van der Waals surface area contributed by atoms with Gasteiger partial charge in [-0.2, -0.15) is 0 Å². The second kappa shape index (κ2) is 7.12. The average Bonchev–Trinajstić information content (AvgIpc) is 3.29. The lowest BCUT2D eigenvalue weighted by Crippen LogP contribution is -2.35. The lowest BCUT2D eigenvalue weighted by atomic mass is 10.0. The van der Waals surface area contributed by atoms with Gasteiger partial charge in [0.05, 0.1) is 19.6 Å². The number of thioether (sulfide) groups is 1. The van der Waals surface area contributed by atoms with Crippen molar-refractivity contribution in [2.45, 2.75) is 31.7 Å². The number of methoxy groups -OCH3 is 1. The molecule has 132 valence electrons. The fraction of sp³-hybridized carbons (Fsp3) is 0.474. The summed E-state index contributed by atoms with van der Waals surface area (Å²) in [6.45, 7) is 2.71. The van der Waals surface area contributed by atoms with Crippen molar-refractivity contribution in [3.05, 3.63) is 40.9 Å². The summed E-state index contributed by atoms with van der Waals surface area (Å²) in [4.78, 5) is 21.8. The molecule has 1 aromatic carbocycles. The average molecular weight is 357 g/mol. The van der Waals surface area contributed by atoms with E-state index in [2.05, 4.69) is 27.4 Å². The minimum Gasteiger partial charge on any atom is -0.497 e. The van der Waals surface area contributed by atoms with Crippen molar-refractivity contribution >= 4 is 22.8 Å². The van der Waals surface area contributed by atoms with Crippen molar-refractivity contribution in [2.75, 3.05) is 26.7 Å². The molecule has 0 saturated carbocycles. The maximum absolute atomic E-state index is 13.0. The summed E-state index contributed by atoms with van der Waals surface area (Å²) >= 11 is 1.65. The fourth-order valence-electron chi connectivity index (χ4n) is 3.79. The molecule has 4 rings (SSSR count). The van der Waals surface area contributed by atoms with Crippen LogP contribution in [0.4, 0.5) is 0 Å². The van der Waals surface area contributed by atoms with E-state index in [1.54, 1.807) is 18.9 Å². The quantitative estimate of drug-likeness (QED) is 0.828. The van der Waals surface area contributed by atoms with E-state index in [0.717, 1.165) is 55.5 Å². The highest BCUT2D eigenvalue weighted by Crippen LogP contribution is 2.36. The molecule has 0 radical (unpaired) electrons. The van der Waals surface area contributed by atoms with Crippen LogP contribution in [-0.4, -0.2) is 47.6 Å². The van der Waals surface area contributed by atoms with Gasteiger partial charge in [0, 0.05) is 25.3 Å². The third-order valence-electron chi connectivity index (χ3n) is 5.05. The largest absolute Gasteiger partial charge is 0.497 e. The Morgan fingerprint density at radius 1 is 1.36 bits per heavy atom. The number of ether oxygens (including phenoxy) is 1. The van der Waals surface area contributed by atoms with Crippen LogP contribution in [0.3, 0.4) is 0 Å². The zero-order valence-corrected chi connectivity index (χ0v) is 15.3. The number of amides is 1. The van der Waals surface area contributed by atoms with Crippen molar-refractivity contribution in [1.82, 2.24) is 9.80 Å². The van der Waals surface area contributed by atoms with E-state index in [-0.39, 0.29) is 11.9 Å². The van der Waals surface area contributed by atoms with Crippen molar-refractivity contribution < 1.29 is 9.53 Å². The number of carbonyl (C=O) groups excluding carboxylic acids is 1. The molecule has 5 nitrogen and oxygen atoms in total. The fourth-order valence-corrected chi connectivity index (χ4v) is 4.74. The Kier molecular flexibility index (Phi) is 4.70. The first kappa shape index (κ1) is 16.5. The summed E-state index contributed by atoms with van der Waals surface area (Å²) in [7, 11) is 1.68. The van der Waals surface area contributed by atoms with Gasteiger partial charge in [-0.15, -0.1) is 0 Å². The molecule has 0 aromatic heterocycles. The number of benzene rings is 1. The van der Waals surface area contributed by atoms with E-state index in [1.807, 2.05) is 17.0 Å². The molecule has 0 bridgehead atoms. The van der Waals surface area contributed by atoms with Crippen molar-refractivity contribution in [2.24, 2.45) is 4.99 Å². The predicted octanol–water partition coefficient (Wildman–Crippen LogP) is 3.40. The number of likely N-dealkylation sites (tertiary alicyclic amines) is 1. The number of hydrogen-bond acceptors (Lipinski definition) is 5. The first-order valence-corrected chi connectivity index (χ1v) is 9.75. The Morgan fingerprint density at radius 3 is 3.16 bits per heavy atom. The molecule has 1 fully saturated rings. The van der Waals surface area contributed by atoms with Gasteiger partial charge in [0.1, 0.15) is 5.75 Å². The highest BCUT2D eigenvalue weighted by Gasteiger charge is 2.33. The topological polar surface area (TPSA) is 45.1 Å². The molecule has 1 amide bonds. The molecule has 3 heterocycles. The Labute approximate surface area is 152 Å². The van der Waals surface area contributed by atoms with Crippen LogP contribution < -0.4 is 4.74 Å². The van der Waals surface area contributed by atoms with Gasteiger partial charge in [-0.25, -0.2) is 0 Å². The molecule has 0 aliphatic carbocycles. The highest BCUT2D eigenvalue weighted by molar-refractivity contribution is 8.16. The Balaban J connectivity index is 1.47. The number of aliphatic imine (C=N–C) groups is 1. The number of carbonyl (C=O) groups is 1. The van der Waals surface area contributed by atoms with Gasteiger partial charge >= 0.3 is 0 Å². The van der Waals surface area contributed by atoms with Gasteiger partial charge < -0.3 is 14.5 Å². The number of nitrogens with zero attached hydrogens (tertiary/aromatic N) is 3. The molecule has 0 spiro atoms. The Hall–Kier alpha value is -1.95. The molecule has 3 aliphatic rings. The molecular formula is C19H23N3O2S. The van der Waals surface area contributed by atoms with Gasteiger partial charge in [-0.3, -0.25) is 9.79 Å². The predicted molar refractivity (Wildman–Crippen MR) is 101 cm³/mol. The lowest BCUT2D eigenvalue weighted by Gasteiger charge is -2.29. The van der Waals surface area contributed by atoms with Crippen LogP contribution >= 0.6 is 11.8 Å². The molecular weight excluding hydrogens is 334 g/mol. The summed E-state index contributed by atoms with van der Waals surface area (Å²) in [5, 5.41) is 3.15. The van der Waals surface area contributed by atoms with Gasteiger partial charge in [-0.05, 0) is 42.4 Å². The number of fused-ring (bicyclic) bond motifs is 1. The van der Waals surface area contributed by atoms with Gasteiger partial charge in [0.2, 0.25) is 5.91 Å². The van der Waals surface area contributed by atoms with Gasteiger partial charge in [-0.1, -0.05) is 23.9 Å². The van der Waals surface area contributed by atoms with E-state index in [0.29, 0.717) is 6.42 Å². The molecule has 6 heteroatoms. The van der Waals surface area contributed by atoms with Crippen LogP contribution in [0.5, 0.6) is 5.75 Å². The molecule has 1 unspecified atom stereocenters. The second-order valence-corrected chi connectivity index (χ2v) is 7.43. The summed E-state index contributed by atoms with van der Waals surface area (Å²) < 4.78 is 5.34. The monoisotopic (exact) mass is 357 g/mol. The third kappa shape index (κ3) is 3.27. The number of hydrogen-bond donors (Lipinski definition) is 0. The van der Waals surface area contributed by atoms with Crippen molar-refractivity contribution in [3.8, 4) is 5.75 Å². The maximum Gasteiger partial charge on any atom is 0.229 e. The zero-order chi connectivity index (χ0) is 17.2. The molecule has 1 saturated heterocycles. The minimum absolute atomic E-state index is 0.159. The summed E-state index contributed by atoms with van der Waals surface area (Å²) in [6.07, 6.45) is 3.60. The first-order valence-electron chi connectivity index (χ1n) is 8.87. The van der Waals surface area contributed by atoms with E-state index < -0.39 is 0 Å². The Morgan fingerprint density at radius 2 is 2.28 bits per heavy atom. The van der Waals surface area contributed by atoms with E-state index >= 15 is 0 Å². The molecule has 3 aliphatic heterocycles. The van der Waals surface area contributed by atoms with E-state index in [9.17, 15) is 4.79 Å². The summed E-state index contributed by atoms with van der Waals surface area (Å²) in [5.74, 6) is 1.06. The molecule has 25 heavy (non-hydrogen) atoms. The lowest BCUT2D eigenvalue weighted by molar-refractivity contribution is -0.131. The molecule has 1 atom stereocenters. The third-order valence-corrected chi connectivity index (χ3v) is 6.00. The van der Waals surface area contributed by atoms with Crippen LogP contribution in [0.2, 0.25) is 0 Å². The first-order chi connectivity index (χ1) is 12.3. The van der Waals surface area contributed by atoms with Crippen molar-refractivity contribution in [1.29, 1.82) is 0 Å². The van der Waals surface area contributed by atoms with Crippen LogP contribution in [0.1, 0.15) is 37.3 Å². The normalized spacial score (nSPS) is 22.5. The maximum atomic E-state index is 13.0.